The van der Waals surface area contributed by atoms with Crippen molar-refractivity contribution in [2.75, 3.05) is 0 Å². The number of benzene rings is 1. The van der Waals surface area contributed by atoms with E-state index in [0.29, 0.717) is 0 Å². The van der Waals surface area contributed by atoms with Crippen LogP contribution in [0.5, 0.6) is 0 Å². The molecule has 0 unspecified atom stereocenters. The zero-order valence-electron chi connectivity index (χ0n) is 8.30. The van der Waals surface area contributed by atoms with E-state index in [1.54, 1.807) is 12.4 Å². The molecule has 2 rings (SSSR count). The summed E-state index contributed by atoms with van der Waals surface area (Å²) >= 11 is 0. The van der Waals surface area contributed by atoms with Crippen molar-refractivity contribution >= 4 is 11.8 Å². The molecule has 15 heavy (non-hydrogen) atoms. The van der Waals surface area contributed by atoms with Crippen LogP contribution in [0.4, 0.5) is 0 Å². The minimum Gasteiger partial charge on any atom is -0.398 e. The van der Waals surface area contributed by atoms with Crippen molar-refractivity contribution in [1.29, 1.82) is 0 Å². The largest absolute Gasteiger partial charge is 0.398 e. The Hall–Kier alpha value is -2.09. The van der Waals surface area contributed by atoms with Crippen molar-refractivity contribution in [3.05, 3.63) is 66.0 Å². The molecule has 2 nitrogen and oxygen atoms in total. The normalized spacial score (nSPS) is 11.3. The quantitative estimate of drug-likeness (QED) is 0.801. The zero-order chi connectivity index (χ0) is 10.5. The molecule has 1 aromatic carbocycles. The fourth-order valence-corrected chi connectivity index (χ4v) is 1.36. The van der Waals surface area contributed by atoms with E-state index in [9.17, 15) is 0 Å². The molecule has 2 N–H and O–H groups in total. The first-order valence-electron chi connectivity index (χ1n) is 4.79. The van der Waals surface area contributed by atoms with Gasteiger partial charge in [0.15, 0.2) is 0 Å². The lowest BCUT2D eigenvalue weighted by atomic mass is 10.1. The van der Waals surface area contributed by atoms with Crippen LogP contribution in [-0.2, 0) is 0 Å². The third-order valence-electron chi connectivity index (χ3n) is 2.14. The van der Waals surface area contributed by atoms with Crippen molar-refractivity contribution in [3.63, 3.8) is 0 Å². The van der Waals surface area contributed by atoms with Gasteiger partial charge in [-0.05, 0) is 23.8 Å². The summed E-state index contributed by atoms with van der Waals surface area (Å²) in [5, 5.41) is 0. The Bertz CT molecular complexity index is 446. The van der Waals surface area contributed by atoms with Gasteiger partial charge in [-0.1, -0.05) is 30.3 Å². The number of rotatable bonds is 2. The molecule has 2 aromatic rings. The number of aromatic nitrogens is 1. The molecule has 0 bridgehead atoms. The van der Waals surface area contributed by atoms with Gasteiger partial charge in [0, 0.05) is 23.7 Å². The summed E-state index contributed by atoms with van der Waals surface area (Å²) in [6.45, 7) is 0. The van der Waals surface area contributed by atoms with Gasteiger partial charge in [-0.3, -0.25) is 4.98 Å². The van der Waals surface area contributed by atoms with E-state index in [-0.39, 0.29) is 0 Å². The first-order chi connectivity index (χ1) is 7.36. The van der Waals surface area contributed by atoms with E-state index in [4.69, 9.17) is 5.73 Å². The lowest BCUT2D eigenvalue weighted by molar-refractivity contribution is 1.31. The van der Waals surface area contributed by atoms with E-state index in [1.165, 1.54) is 0 Å². The molecule has 0 aliphatic rings. The van der Waals surface area contributed by atoms with Crippen molar-refractivity contribution in [2.45, 2.75) is 0 Å². The van der Waals surface area contributed by atoms with Gasteiger partial charge in [-0.15, -0.1) is 0 Å². The highest BCUT2D eigenvalue weighted by atomic mass is 14.6. The van der Waals surface area contributed by atoms with Crippen LogP contribution in [-0.4, -0.2) is 4.98 Å². The molecular weight excluding hydrogens is 184 g/mol. The molecule has 0 atom stereocenters. The monoisotopic (exact) mass is 196 g/mol. The van der Waals surface area contributed by atoms with Crippen LogP contribution in [0.25, 0.3) is 11.8 Å². The van der Waals surface area contributed by atoms with Gasteiger partial charge in [0.2, 0.25) is 0 Å². The van der Waals surface area contributed by atoms with Crippen LogP contribution in [0.3, 0.4) is 0 Å². The molecule has 0 fully saturated rings. The van der Waals surface area contributed by atoms with Crippen LogP contribution in [0.15, 0.2) is 54.9 Å². The maximum Gasteiger partial charge on any atom is 0.0394 e. The summed E-state index contributed by atoms with van der Waals surface area (Å²) < 4.78 is 0. The summed E-state index contributed by atoms with van der Waals surface area (Å²) in [7, 11) is 0. The molecule has 0 spiro atoms. The summed E-state index contributed by atoms with van der Waals surface area (Å²) in [5.74, 6) is 0. The predicted octanol–water partition coefficient (Wildman–Crippen LogP) is 2.54. The third kappa shape index (κ3) is 2.44. The van der Waals surface area contributed by atoms with E-state index < -0.39 is 0 Å². The first-order valence-corrected chi connectivity index (χ1v) is 4.79. The van der Waals surface area contributed by atoms with Crippen LogP contribution < -0.4 is 5.73 Å². The number of hydrogen-bond acceptors (Lipinski definition) is 2. The van der Waals surface area contributed by atoms with Crippen LogP contribution in [0.2, 0.25) is 0 Å². The first kappa shape index (κ1) is 9.46. The SMILES string of the molecule is NC(=Cc1ccccc1)c1ccncc1. The van der Waals surface area contributed by atoms with E-state index in [1.807, 2.05) is 48.5 Å². The average molecular weight is 196 g/mol. The van der Waals surface area contributed by atoms with Crippen molar-refractivity contribution in [3.8, 4) is 0 Å². The summed E-state index contributed by atoms with van der Waals surface area (Å²) in [4.78, 5) is 3.95. The lowest BCUT2D eigenvalue weighted by Gasteiger charge is -2.00. The summed E-state index contributed by atoms with van der Waals surface area (Å²) in [6.07, 6.45) is 5.43. The Balaban J connectivity index is 2.29. The minimum atomic E-state index is 0.753. The highest BCUT2D eigenvalue weighted by molar-refractivity contribution is 5.79. The predicted molar refractivity (Wildman–Crippen MR) is 62.7 cm³/mol. The van der Waals surface area contributed by atoms with Gasteiger partial charge in [0.05, 0.1) is 0 Å². The second kappa shape index (κ2) is 4.42. The smallest absolute Gasteiger partial charge is 0.0394 e. The van der Waals surface area contributed by atoms with Gasteiger partial charge in [-0.2, -0.15) is 0 Å². The molecule has 1 aromatic heterocycles. The Kier molecular flexibility index (Phi) is 2.79. The van der Waals surface area contributed by atoms with Crippen LogP contribution >= 0.6 is 0 Å². The van der Waals surface area contributed by atoms with E-state index in [0.717, 1.165) is 16.8 Å². The van der Waals surface area contributed by atoms with E-state index >= 15 is 0 Å². The topological polar surface area (TPSA) is 38.9 Å². The highest BCUT2D eigenvalue weighted by Crippen LogP contribution is 2.11. The Morgan fingerprint density at radius 2 is 1.67 bits per heavy atom. The second-order valence-corrected chi connectivity index (χ2v) is 3.25. The molecular formula is C13H12N2. The van der Waals surface area contributed by atoms with Gasteiger partial charge < -0.3 is 5.73 Å². The lowest BCUT2D eigenvalue weighted by Crippen LogP contribution is -1.95. The molecule has 0 saturated carbocycles. The van der Waals surface area contributed by atoms with Crippen molar-refractivity contribution < 1.29 is 0 Å². The van der Waals surface area contributed by atoms with Gasteiger partial charge >= 0.3 is 0 Å². The van der Waals surface area contributed by atoms with Crippen molar-refractivity contribution in [2.24, 2.45) is 5.73 Å². The van der Waals surface area contributed by atoms with Crippen LogP contribution in [0, 0.1) is 0 Å². The molecule has 0 radical (unpaired) electrons. The van der Waals surface area contributed by atoms with Crippen molar-refractivity contribution in [1.82, 2.24) is 4.98 Å². The Morgan fingerprint density at radius 3 is 2.33 bits per heavy atom. The number of pyridine rings is 1. The molecule has 0 saturated heterocycles. The average Bonchev–Trinajstić information content (AvgIpc) is 2.31. The standard InChI is InChI=1S/C13H12N2/c14-13(12-6-8-15-9-7-12)10-11-4-2-1-3-5-11/h1-10H,14H2. The summed E-state index contributed by atoms with van der Waals surface area (Å²) in [6, 6.07) is 13.8. The highest BCUT2D eigenvalue weighted by Gasteiger charge is 1.94. The molecule has 74 valence electrons. The molecule has 2 heteroatoms. The number of nitrogens with zero attached hydrogens (tertiary/aromatic N) is 1. The molecule has 0 aliphatic heterocycles. The minimum absolute atomic E-state index is 0.753. The van der Waals surface area contributed by atoms with E-state index in [2.05, 4.69) is 4.98 Å². The summed E-state index contributed by atoms with van der Waals surface area (Å²) in [5.41, 5.74) is 8.81. The molecule has 0 amide bonds. The molecule has 1 heterocycles. The number of nitrogens with two attached hydrogens (primary N) is 1. The number of hydrogen-bond donors (Lipinski definition) is 1. The third-order valence-corrected chi connectivity index (χ3v) is 2.14. The zero-order valence-corrected chi connectivity index (χ0v) is 8.30. The van der Waals surface area contributed by atoms with Gasteiger partial charge in [0.25, 0.3) is 0 Å². The Morgan fingerprint density at radius 1 is 1.00 bits per heavy atom. The maximum atomic E-state index is 5.96. The van der Waals surface area contributed by atoms with Gasteiger partial charge in [-0.25, -0.2) is 0 Å². The van der Waals surface area contributed by atoms with Gasteiger partial charge in [0.1, 0.15) is 0 Å². The second-order valence-electron chi connectivity index (χ2n) is 3.25. The fraction of sp³-hybridized carbons (Fsp3) is 0. The fourth-order valence-electron chi connectivity index (χ4n) is 1.36. The molecule has 0 aliphatic carbocycles. The Labute approximate surface area is 89.1 Å². The van der Waals surface area contributed by atoms with Crippen LogP contribution in [0.1, 0.15) is 11.1 Å². The maximum absolute atomic E-state index is 5.96.